The molecule has 2 aromatic carbocycles. The van der Waals surface area contributed by atoms with Gasteiger partial charge in [-0.25, -0.2) is 8.42 Å². The first kappa shape index (κ1) is 23.2. The molecule has 0 spiro atoms. The van der Waals surface area contributed by atoms with Crippen molar-refractivity contribution in [3.8, 4) is 0 Å². The zero-order valence-corrected chi connectivity index (χ0v) is 17.6. The second-order valence-corrected chi connectivity index (χ2v) is 8.32. The molecule has 0 saturated carbocycles. The van der Waals surface area contributed by atoms with Crippen molar-refractivity contribution in [1.82, 2.24) is 0 Å². The fourth-order valence-electron chi connectivity index (χ4n) is 2.19. The average molecular weight is 432 g/mol. The first-order valence-corrected chi connectivity index (χ1v) is 9.92. The Morgan fingerprint density at radius 3 is 2.19 bits per heavy atom. The van der Waals surface area contributed by atoms with Gasteiger partial charge < -0.3 is 11.1 Å². The Kier molecular flexibility index (Phi) is 8.10. The number of hydrogen-bond donors (Lipinski definition) is 3. The second kappa shape index (κ2) is 9.41. The summed E-state index contributed by atoms with van der Waals surface area (Å²) in [6.07, 6.45) is 0. The summed E-state index contributed by atoms with van der Waals surface area (Å²) in [6.45, 7) is 5.14. The Hall–Kier alpha value is -1.80. The van der Waals surface area contributed by atoms with Crippen molar-refractivity contribution in [3.05, 3.63) is 53.1 Å². The molecule has 0 aliphatic rings. The third-order valence-corrected chi connectivity index (χ3v) is 5.82. The normalized spacial score (nSPS) is 13.2. The van der Waals surface area contributed by atoms with Crippen LogP contribution in [0.15, 0.2) is 47.4 Å². The van der Waals surface area contributed by atoms with Gasteiger partial charge in [-0.3, -0.25) is 9.52 Å². The molecule has 2 aromatic rings. The van der Waals surface area contributed by atoms with Crippen molar-refractivity contribution in [1.29, 1.82) is 0 Å². The van der Waals surface area contributed by atoms with Gasteiger partial charge in [-0.05, 0) is 55.8 Å². The Balaban J connectivity index is 0.00000364. The van der Waals surface area contributed by atoms with Crippen LogP contribution in [0.25, 0.3) is 0 Å². The van der Waals surface area contributed by atoms with Gasteiger partial charge in [0.05, 0.1) is 10.8 Å². The molecule has 148 valence electrons. The maximum Gasteiger partial charge on any atom is 0.262 e. The van der Waals surface area contributed by atoms with E-state index in [-0.39, 0.29) is 29.3 Å². The van der Waals surface area contributed by atoms with E-state index in [0.717, 1.165) is 0 Å². The van der Waals surface area contributed by atoms with Crippen LogP contribution in [-0.4, -0.2) is 20.4 Å². The maximum atomic E-state index is 12.7. The van der Waals surface area contributed by atoms with Gasteiger partial charge in [0.25, 0.3) is 10.0 Å². The van der Waals surface area contributed by atoms with Gasteiger partial charge in [-0.1, -0.05) is 24.6 Å². The number of hydrogen-bond acceptors (Lipinski definition) is 4. The lowest BCUT2D eigenvalue weighted by Gasteiger charge is -2.17. The highest BCUT2D eigenvalue weighted by molar-refractivity contribution is 7.92. The van der Waals surface area contributed by atoms with Crippen molar-refractivity contribution in [3.63, 3.8) is 0 Å². The number of nitrogens with two attached hydrogens (primary N) is 1. The number of benzene rings is 2. The molecule has 0 saturated heterocycles. The first-order valence-electron chi connectivity index (χ1n) is 8.05. The van der Waals surface area contributed by atoms with Gasteiger partial charge in [-0.15, -0.1) is 12.4 Å². The predicted molar refractivity (Wildman–Crippen MR) is 112 cm³/mol. The number of carbonyl (C=O) groups excluding carboxylic acids is 1. The minimum absolute atomic E-state index is 0. The van der Waals surface area contributed by atoms with E-state index in [1.54, 1.807) is 57.2 Å². The lowest BCUT2D eigenvalue weighted by atomic mass is 10.0. The molecule has 0 aliphatic carbocycles. The monoisotopic (exact) mass is 431 g/mol. The fraction of sp³-hybridized carbons (Fsp3) is 0.278. The highest BCUT2D eigenvalue weighted by atomic mass is 35.5. The SMILES string of the molecule is Cc1ccc(NC(=O)C(C)C(C)N)cc1S(=O)(=O)Nc1ccc(Cl)cc1.Cl. The Morgan fingerprint density at radius 2 is 1.63 bits per heavy atom. The van der Waals surface area contributed by atoms with E-state index >= 15 is 0 Å². The number of nitrogens with one attached hydrogen (secondary N) is 2. The van der Waals surface area contributed by atoms with Gasteiger partial charge in [0.2, 0.25) is 5.91 Å². The lowest BCUT2D eigenvalue weighted by Crippen LogP contribution is -2.34. The van der Waals surface area contributed by atoms with Gasteiger partial charge >= 0.3 is 0 Å². The summed E-state index contributed by atoms with van der Waals surface area (Å²) in [7, 11) is -3.82. The van der Waals surface area contributed by atoms with Crippen LogP contribution < -0.4 is 15.8 Å². The zero-order chi connectivity index (χ0) is 19.5. The van der Waals surface area contributed by atoms with Crippen LogP contribution in [0.5, 0.6) is 0 Å². The Morgan fingerprint density at radius 1 is 1.07 bits per heavy atom. The molecule has 0 fully saturated rings. The van der Waals surface area contributed by atoms with Crippen LogP contribution >= 0.6 is 24.0 Å². The minimum atomic E-state index is -3.82. The quantitative estimate of drug-likeness (QED) is 0.647. The third-order valence-electron chi connectivity index (χ3n) is 4.04. The number of rotatable bonds is 6. The summed E-state index contributed by atoms with van der Waals surface area (Å²) in [5.74, 6) is -0.665. The minimum Gasteiger partial charge on any atom is -0.327 e. The highest BCUT2D eigenvalue weighted by Gasteiger charge is 2.20. The largest absolute Gasteiger partial charge is 0.327 e. The molecule has 0 aromatic heterocycles. The molecule has 9 heteroatoms. The molecule has 2 rings (SSSR count). The molecule has 4 N–H and O–H groups in total. The fourth-order valence-corrected chi connectivity index (χ4v) is 3.65. The summed E-state index contributed by atoms with van der Waals surface area (Å²) >= 11 is 5.82. The van der Waals surface area contributed by atoms with Crippen molar-refractivity contribution >= 4 is 51.3 Å². The van der Waals surface area contributed by atoms with Crippen LogP contribution in [0.4, 0.5) is 11.4 Å². The van der Waals surface area contributed by atoms with Crippen LogP contribution in [0, 0.1) is 12.8 Å². The summed E-state index contributed by atoms with van der Waals surface area (Å²) in [4.78, 5) is 12.2. The van der Waals surface area contributed by atoms with Crippen molar-refractivity contribution in [2.24, 2.45) is 11.7 Å². The Bertz CT molecular complexity index is 901. The van der Waals surface area contributed by atoms with E-state index in [1.165, 1.54) is 6.07 Å². The number of anilines is 2. The molecular weight excluding hydrogens is 409 g/mol. The van der Waals surface area contributed by atoms with Crippen molar-refractivity contribution in [2.75, 3.05) is 10.0 Å². The van der Waals surface area contributed by atoms with E-state index in [9.17, 15) is 13.2 Å². The molecular formula is C18H23Cl2N3O3S. The second-order valence-electron chi connectivity index (χ2n) is 6.23. The van der Waals surface area contributed by atoms with Crippen molar-refractivity contribution < 1.29 is 13.2 Å². The lowest BCUT2D eigenvalue weighted by molar-refractivity contribution is -0.119. The number of amides is 1. The van der Waals surface area contributed by atoms with Crippen molar-refractivity contribution in [2.45, 2.75) is 31.7 Å². The van der Waals surface area contributed by atoms with Gasteiger partial charge in [-0.2, -0.15) is 0 Å². The summed E-state index contributed by atoms with van der Waals surface area (Å²) in [5, 5.41) is 3.22. The van der Waals surface area contributed by atoms with Crippen LogP contribution in [-0.2, 0) is 14.8 Å². The first-order chi connectivity index (χ1) is 12.1. The topological polar surface area (TPSA) is 101 Å². The summed E-state index contributed by atoms with van der Waals surface area (Å²) < 4.78 is 27.9. The molecule has 0 aliphatic heterocycles. The molecule has 0 bridgehead atoms. The van der Waals surface area contributed by atoms with Crippen LogP contribution in [0.1, 0.15) is 19.4 Å². The number of aryl methyl sites for hydroxylation is 1. The maximum absolute atomic E-state index is 12.7. The summed E-state index contributed by atoms with van der Waals surface area (Å²) in [6, 6.07) is 10.8. The van der Waals surface area contributed by atoms with Gasteiger partial charge in [0.15, 0.2) is 0 Å². The predicted octanol–water partition coefficient (Wildman–Crippen LogP) is 3.79. The molecule has 0 radical (unpaired) electrons. The smallest absolute Gasteiger partial charge is 0.262 e. The highest BCUT2D eigenvalue weighted by Crippen LogP contribution is 2.24. The zero-order valence-electron chi connectivity index (χ0n) is 15.2. The van der Waals surface area contributed by atoms with Crippen LogP contribution in [0.2, 0.25) is 5.02 Å². The van der Waals surface area contributed by atoms with E-state index in [2.05, 4.69) is 10.0 Å². The van der Waals surface area contributed by atoms with E-state index in [4.69, 9.17) is 17.3 Å². The van der Waals surface area contributed by atoms with E-state index in [1.807, 2.05) is 0 Å². The standard InChI is InChI=1S/C18H22ClN3O3S.ClH/c1-11-4-7-16(21-18(23)12(2)13(3)20)10-17(11)26(24,25)22-15-8-5-14(19)6-9-15;/h4-10,12-13,22H,20H2,1-3H3,(H,21,23);1H. The van der Waals surface area contributed by atoms with Gasteiger partial charge in [0.1, 0.15) is 0 Å². The molecule has 27 heavy (non-hydrogen) atoms. The third kappa shape index (κ3) is 6.10. The Labute approximate surface area is 170 Å². The molecule has 2 atom stereocenters. The summed E-state index contributed by atoms with van der Waals surface area (Å²) in [5.41, 5.74) is 7.08. The number of carbonyl (C=O) groups is 1. The number of sulfonamides is 1. The molecule has 2 unspecified atom stereocenters. The van der Waals surface area contributed by atoms with E-state index < -0.39 is 15.9 Å². The van der Waals surface area contributed by atoms with E-state index in [0.29, 0.717) is 22.0 Å². The number of halogens is 2. The average Bonchev–Trinajstić information content (AvgIpc) is 2.57. The molecule has 1 amide bonds. The molecule has 6 nitrogen and oxygen atoms in total. The van der Waals surface area contributed by atoms with Gasteiger partial charge in [0, 0.05) is 22.4 Å². The van der Waals surface area contributed by atoms with Crippen LogP contribution in [0.3, 0.4) is 0 Å². The molecule has 0 heterocycles.